The summed E-state index contributed by atoms with van der Waals surface area (Å²) in [6.07, 6.45) is 1.89. The molecule has 1 saturated heterocycles. The molecule has 3 heterocycles. The third kappa shape index (κ3) is 4.04. The van der Waals surface area contributed by atoms with Crippen molar-refractivity contribution in [1.29, 1.82) is 0 Å². The lowest BCUT2D eigenvalue weighted by Crippen LogP contribution is -2.39. The zero-order valence-electron chi connectivity index (χ0n) is 15.3. The maximum Gasteiger partial charge on any atom is 0.289 e. The molecule has 2 aromatic heterocycles. The van der Waals surface area contributed by atoms with Crippen molar-refractivity contribution in [1.82, 2.24) is 20.3 Å². The molecule has 140 valence electrons. The Morgan fingerprint density at radius 3 is 2.69 bits per heavy atom. The number of nitrogens with one attached hydrogen (secondary N) is 1. The second-order valence-electron chi connectivity index (χ2n) is 6.41. The number of nitrogen functional groups attached to an aromatic ring is 1. The van der Waals surface area contributed by atoms with E-state index in [2.05, 4.69) is 25.2 Å². The van der Waals surface area contributed by atoms with Crippen LogP contribution in [0.5, 0.6) is 5.88 Å². The summed E-state index contributed by atoms with van der Waals surface area (Å²) in [4.78, 5) is 26.8. The van der Waals surface area contributed by atoms with Gasteiger partial charge >= 0.3 is 0 Å². The van der Waals surface area contributed by atoms with E-state index in [0.717, 1.165) is 31.7 Å². The van der Waals surface area contributed by atoms with Gasteiger partial charge < -0.3 is 25.1 Å². The number of hydrogen-bond donors (Lipinski definition) is 2. The molecular formula is C17H24N6O3. The molecule has 0 saturated carbocycles. The number of oxazole rings is 1. The van der Waals surface area contributed by atoms with Crippen molar-refractivity contribution in [2.45, 2.75) is 26.7 Å². The number of nitrogens with two attached hydrogens (primary N) is 1. The summed E-state index contributed by atoms with van der Waals surface area (Å²) >= 11 is 0. The van der Waals surface area contributed by atoms with Crippen LogP contribution in [-0.2, 0) is 0 Å². The number of carbonyl (C=O) groups is 1. The lowest BCUT2D eigenvalue weighted by molar-refractivity contribution is 0.0915. The smallest absolute Gasteiger partial charge is 0.289 e. The molecule has 3 rings (SSSR count). The second-order valence-corrected chi connectivity index (χ2v) is 6.41. The van der Waals surface area contributed by atoms with E-state index >= 15 is 0 Å². The van der Waals surface area contributed by atoms with Crippen LogP contribution in [-0.4, -0.2) is 47.6 Å². The molecule has 0 radical (unpaired) electrons. The number of rotatable bonds is 5. The minimum Gasteiger partial charge on any atom is -0.481 e. The summed E-state index contributed by atoms with van der Waals surface area (Å²) in [7, 11) is 1.55. The lowest BCUT2D eigenvalue weighted by Gasteiger charge is -2.32. The minimum absolute atomic E-state index is 0.200. The van der Waals surface area contributed by atoms with E-state index in [0.29, 0.717) is 35.7 Å². The average molecular weight is 360 g/mol. The van der Waals surface area contributed by atoms with Crippen LogP contribution in [0.2, 0.25) is 0 Å². The predicted molar refractivity (Wildman–Crippen MR) is 96.2 cm³/mol. The van der Waals surface area contributed by atoms with Gasteiger partial charge in [-0.05, 0) is 25.7 Å². The third-order valence-electron chi connectivity index (χ3n) is 4.52. The predicted octanol–water partition coefficient (Wildman–Crippen LogP) is 1.32. The van der Waals surface area contributed by atoms with Crippen LogP contribution in [0.25, 0.3) is 0 Å². The normalized spacial score (nSPS) is 15.1. The molecule has 3 N–H and O–H groups in total. The maximum absolute atomic E-state index is 12.2. The third-order valence-corrected chi connectivity index (χ3v) is 4.52. The summed E-state index contributed by atoms with van der Waals surface area (Å²) in [6.45, 7) is 5.78. The molecule has 9 nitrogen and oxygen atoms in total. The van der Waals surface area contributed by atoms with Gasteiger partial charge in [-0.3, -0.25) is 4.79 Å². The van der Waals surface area contributed by atoms with Gasteiger partial charge in [0.25, 0.3) is 5.91 Å². The van der Waals surface area contributed by atoms with Crippen molar-refractivity contribution in [2.24, 2.45) is 5.92 Å². The molecule has 1 fully saturated rings. The Morgan fingerprint density at radius 2 is 2.08 bits per heavy atom. The molecule has 0 atom stereocenters. The number of aryl methyl sites for hydroxylation is 2. The highest BCUT2D eigenvalue weighted by atomic mass is 16.5. The molecule has 0 aliphatic carbocycles. The highest BCUT2D eigenvalue weighted by Gasteiger charge is 2.23. The summed E-state index contributed by atoms with van der Waals surface area (Å²) in [5, 5.41) is 2.95. The number of ether oxygens (including phenoxy) is 1. The Bertz CT molecular complexity index is 783. The summed E-state index contributed by atoms with van der Waals surface area (Å²) in [5.74, 6) is 2.42. The van der Waals surface area contributed by atoms with Gasteiger partial charge in [-0.25, -0.2) is 4.98 Å². The van der Waals surface area contributed by atoms with E-state index in [4.69, 9.17) is 14.9 Å². The SMILES string of the molecule is COc1cc(N2CCC(CNC(=O)c3oc(C)nc3C)CC2)nc(N)n1. The second kappa shape index (κ2) is 7.59. The van der Waals surface area contributed by atoms with Gasteiger partial charge in [-0.15, -0.1) is 0 Å². The van der Waals surface area contributed by atoms with E-state index in [1.807, 2.05) is 0 Å². The largest absolute Gasteiger partial charge is 0.481 e. The molecule has 0 spiro atoms. The number of aromatic nitrogens is 3. The van der Waals surface area contributed by atoms with E-state index in [9.17, 15) is 4.79 Å². The molecule has 1 aliphatic heterocycles. The Kier molecular flexibility index (Phi) is 5.24. The highest BCUT2D eigenvalue weighted by molar-refractivity contribution is 5.92. The molecule has 26 heavy (non-hydrogen) atoms. The van der Waals surface area contributed by atoms with Crippen molar-refractivity contribution < 1.29 is 13.9 Å². The Labute approximate surface area is 152 Å². The van der Waals surface area contributed by atoms with Crippen molar-refractivity contribution in [3.63, 3.8) is 0 Å². The molecule has 0 bridgehead atoms. The summed E-state index contributed by atoms with van der Waals surface area (Å²) in [5.41, 5.74) is 6.34. The first kappa shape index (κ1) is 18.0. The van der Waals surface area contributed by atoms with E-state index in [1.54, 1.807) is 27.0 Å². The molecule has 0 aromatic carbocycles. The summed E-state index contributed by atoms with van der Waals surface area (Å²) in [6, 6.07) is 1.79. The first-order chi connectivity index (χ1) is 12.5. The van der Waals surface area contributed by atoms with Crippen molar-refractivity contribution >= 4 is 17.7 Å². The first-order valence-electron chi connectivity index (χ1n) is 8.62. The van der Waals surface area contributed by atoms with Crippen LogP contribution in [0.3, 0.4) is 0 Å². The van der Waals surface area contributed by atoms with Crippen LogP contribution >= 0.6 is 0 Å². The van der Waals surface area contributed by atoms with E-state index in [-0.39, 0.29) is 11.9 Å². The van der Waals surface area contributed by atoms with Gasteiger partial charge in [-0.2, -0.15) is 9.97 Å². The minimum atomic E-state index is -0.209. The van der Waals surface area contributed by atoms with Crippen molar-refractivity contribution in [3.05, 3.63) is 23.4 Å². The molecule has 0 unspecified atom stereocenters. The fourth-order valence-corrected chi connectivity index (χ4v) is 3.12. The maximum atomic E-state index is 12.2. The number of anilines is 2. The van der Waals surface area contributed by atoms with Gasteiger partial charge in [0, 0.05) is 32.6 Å². The van der Waals surface area contributed by atoms with E-state index in [1.165, 1.54) is 0 Å². The average Bonchev–Trinajstić information content (AvgIpc) is 2.98. The number of piperidine rings is 1. The van der Waals surface area contributed by atoms with Crippen LogP contribution in [0.15, 0.2) is 10.5 Å². The van der Waals surface area contributed by atoms with Crippen LogP contribution in [0, 0.1) is 19.8 Å². The molecule has 2 aromatic rings. The number of nitrogens with zero attached hydrogens (tertiary/aromatic N) is 4. The fourth-order valence-electron chi connectivity index (χ4n) is 3.12. The summed E-state index contributed by atoms with van der Waals surface area (Å²) < 4.78 is 10.5. The Hall–Kier alpha value is -2.84. The van der Waals surface area contributed by atoms with E-state index < -0.39 is 0 Å². The highest BCUT2D eigenvalue weighted by Crippen LogP contribution is 2.24. The van der Waals surface area contributed by atoms with Gasteiger partial charge in [-0.1, -0.05) is 0 Å². The first-order valence-corrected chi connectivity index (χ1v) is 8.62. The quantitative estimate of drug-likeness (QED) is 0.819. The topological polar surface area (TPSA) is 119 Å². The molecule has 1 amide bonds. The number of amides is 1. The van der Waals surface area contributed by atoms with Crippen molar-refractivity contribution in [2.75, 3.05) is 37.4 Å². The molecule has 9 heteroatoms. The number of carbonyl (C=O) groups excluding carboxylic acids is 1. The Morgan fingerprint density at radius 1 is 1.35 bits per heavy atom. The fraction of sp³-hybridized carbons (Fsp3) is 0.529. The zero-order valence-corrected chi connectivity index (χ0v) is 15.3. The molecular weight excluding hydrogens is 336 g/mol. The number of methoxy groups -OCH3 is 1. The lowest BCUT2D eigenvalue weighted by atomic mass is 9.96. The van der Waals surface area contributed by atoms with Gasteiger partial charge in [0.2, 0.25) is 17.6 Å². The van der Waals surface area contributed by atoms with Crippen LogP contribution < -0.4 is 20.7 Å². The molecule has 1 aliphatic rings. The zero-order chi connectivity index (χ0) is 18.7. The monoisotopic (exact) mass is 360 g/mol. The van der Waals surface area contributed by atoms with Crippen LogP contribution in [0.1, 0.15) is 35.0 Å². The van der Waals surface area contributed by atoms with Gasteiger partial charge in [0.1, 0.15) is 5.82 Å². The number of hydrogen-bond acceptors (Lipinski definition) is 8. The Balaban J connectivity index is 1.52. The van der Waals surface area contributed by atoms with Crippen LogP contribution in [0.4, 0.5) is 11.8 Å². The van der Waals surface area contributed by atoms with Crippen molar-refractivity contribution in [3.8, 4) is 5.88 Å². The van der Waals surface area contributed by atoms with Gasteiger partial charge in [0.05, 0.1) is 12.8 Å². The standard InChI is InChI=1S/C17H24N6O3/c1-10-15(26-11(2)20-10)16(24)19-9-12-4-6-23(7-5-12)13-8-14(25-3)22-17(18)21-13/h8,12H,4-7,9H2,1-3H3,(H,19,24)(H2,18,21,22). The van der Waals surface area contributed by atoms with Gasteiger partial charge in [0.15, 0.2) is 5.89 Å².